The van der Waals surface area contributed by atoms with E-state index in [0.717, 1.165) is 11.1 Å². The van der Waals surface area contributed by atoms with Crippen molar-refractivity contribution in [1.82, 2.24) is 5.32 Å². The topological polar surface area (TPSA) is 68.8 Å². The molecule has 0 fully saturated rings. The fourth-order valence-electron chi connectivity index (χ4n) is 3.10. The summed E-state index contributed by atoms with van der Waals surface area (Å²) in [5.74, 6) is 1.39. The Morgan fingerprint density at radius 3 is 1.66 bits per heavy atom. The lowest BCUT2D eigenvalue weighted by molar-refractivity contribution is 0.250. The van der Waals surface area contributed by atoms with Crippen LogP contribution in [0, 0.1) is 0 Å². The Labute approximate surface area is 170 Å². The van der Waals surface area contributed by atoms with E-state index in [4.69, 9.17) is 14.2 Å². The number of ether oxygens (including phenoxy) is 3. The van der Waals surface area contributed by atoms with Crippen LogP contribution in [-0.2, 0) is 0 Å². The number of rotatable bonds is 7. The van der Waals surface area contributed by atoms with Crippen LogP contribution in [0.1, 0.15) is 17.2 Å². The van der Waals surface area contributed by atoms with E-state index in [1.165, 1.54) is 21.3 Å². The molecule has 0 aliphatic carbocycles. The van der Waals surface area contributed by atoms with Gasteiger partial charge in [-0.2, -0.15) is 0 Å². The number of hydrogen-bond donors (Lipinski definition) is 2. The number of methoxy groups -OCH3 is 3. The van der Waals surface area contributed by atoms with E-state index in [-0.39, 0.29) is 12.1 Å². The number of nitrogens with one attached hydrogen (secondary N) is 2. The minimum absolute atomic E-state index is 0.292. The fraction of sp³-hybridized carbons (Fsp3) is 0.174. The molecule has 0 bridgehead atoms. The molecule has 2 N–H and O–H groups in total. The van der Waals surface area contributed by atoms with Crippen molar-refractivity contribution in [3.05, 3.63) is 83.9 Å². The number of anilines is 1. The van der Waals surface area contributed by atoms with Gasteiger partial charge in [0.25, 0.3) is 0 Å². The van der Waals surface area contributed by atoms with Gasteiger partial charge < -0.3 is 24.8 Å². The van der Waals surface area contributed by atoms with Crippen molar-refractivity contribution in [2.45, 2.75) is 6.04 Å². The van der Waals surface area contributed by atoms with E-state index in [2.05, 4.69) is 10.6 Å². The maximum atomic E-state index is 12.8. The van der Waals surface area contributed by atoms with Crippen LogP contribution in [0.3, 0.4) is 0 Å². The Morgan fingerprint density at radius 2 is 1.24 bits per heavy atom. The number of urea groups is 1. The molecule has 0 spiro atoms. The van der Waals surface area contributed by atoms with Gasteiger partial charge in [0.2, 0.25) is 5.75 Å². The predicted octanol–water partition coefficient (Wildman–Crippen LogP) is 4.62. The summed E-state index contributed by atoms with van der Waals surface area (Å²) < 4.78 is 16.0. The molecule has 0 unspecified atom stereocenters. The maximum absolute atomic E-state index is 12.8. The van der Waals surface area contributed by atoms with E-state index < -0.39 is 0 Å². The molecule has 150 valence electrons. The van der Waals surface area contributed by atoms with Crippen LogP contribution >= 0.6 is 0 Å². The van der Waals surface area contributed by atoms with Gasteiger partial charge in [-0.15, -0.1) is 0 Å². The Bertz CT molecular complexity index is 881. The van der Waals surface area contributed by atoms with E-state index in [1.807, 2.05) is 60.7 Å². The summed E-state index contributed by atoms with van der Waals surface area (Å²) >= 11 is 0. The molecule has 2 amide bonds. The first-order valence-electron chi connectivity index (χ1n) is 9.13. The fourth-order valence-corrected chi connectivity index (χ4v) is 3.10. The van der Waals surface area contributed by atoms with Crippen molar-refractivity contribution in [2.24, 2.45) is 0 Å². The third-order valence-corrected chi connectivity index (χ3v) is 4.46. The zero-order valence-corrected chi connectivity index (χ0v) is 16.6. The Balaban J connectivity index is 1.84. The van der Waals surface area contributed by atoms with Gasteiger partial charge in [0.1, 0.15) is 0 Å². The minimum atomic E-state index is -0.350. The van der Waals surface area contributed by atoms with Crippen LogP contribution in [0.4, 0.5) is 10.5 Å². The van der Waals surface area contributed by atoms with Crippen LogP contribution in [0.15, 0.2) is 72.8 Å². The SMILES string of the molecule is COc1cc(NC(=O)NC(c2ccccc2)c2ccccc2)cc(OC)c1OC. The molecule has 0 aliphatic rings. The molecule has 0 atom stereocenters. The monoisotopic (exact) mass is 392 g/mol. The standard InChI is InChI=1S/C23H24N2O4/c1-27-19-14-18(15-20(28-2)22(19)29-3)24-23(26)25-21(16-10-6-4-7-11-16)17-12-8-5-9-13-17/h4-15,21H,1-3H3,(H2,24,25,26). The van der Waals surface area contributed by atoms with Crippen molar-refractivity contribution in [3.8, 4) is 17.2 Å². The maximum Gasteiger partial charge on any atom is 0.319 e. The van der Waals surface area contributed by atoms with E-state index in [1.54, 1.807) is 12.1 Å². The summed E-state index contributed by atoms with van der Waals surface area (Å²) in [7, 11) is 4.59. The summed E-state index contributed by atoms with van der Waals surface area (Å²) in [6.45, 7) is 0. The third kappa shape index (κ3) is 4.79. The predicted molar refractivity (Wildman–Crippen MR) is 113 cm³/mol. The van der Waals surface area contributed by atoms with E-state index in [0.29, 0.717) is 22.9 Å². The second-order valence-corrected chi connectivity index (χ2v) is 6.27. The number of carbonyl (C=O) groups is 1. The van der Waals surface area contributed by atoms with Gasteiger partial charge in [0.15, 0.2) is 11.5 Å². The summed E-state index contributed by atoms with van der Waals surface area (Å²) in [6.07, 6.45) is 0. The van der Waals surface area contributed by atoms with Gasteiger partial charge in [0.05, 0.1) is 33.1 Å². The zero-order valence-electron chi connectivity index (χ0n) is 16.6. The molecule has 3 rings (SSSR count). The molecule has 29 heavy (non-hydrogen) atoms. The first kappa shape index (κ1) is 20.1. The van der Waals surface area contributed by atoms with Crippen molar-refractivity contribution in [2.75, 3.05) is 26.6 Å². The number of benzene rings is 3. The Kier molecular flexibility index (Phi) is 6.58. The number of amides is 2. The highest BCUT2D eigenvalue weighted by Crippen LogP contribution is 2.40. The lowest BCUT2D eigenvalue weighted by Crippen LogP contribution is -2.33. The average Bonchev–Trinajstić information content (AvgIpc) is 2.77. The number of carbonyl (C=O) groups excluding carboxylic acids is 1. The molecule has 0 saturated heterocycles. The molecule has 0 aromatic heterocycles. The van der Waals surface area contributed by atoms with Gasteiger partial charge in [-0.05, 0) is 11.1 Å². The summed E-state index contributed by atoms with van der Waals surface area (Å²) in [6, 6.07) is 22.3. The van der Waals surface area contributed by atoms with Gasteiger partial charge in [0, 0.05) is 12.1 Å². The number of hydrogen-bond acceptors (Lipinski definition) is 4. The second-order valence-electron chi connectivity index (χ2n) is 6.27. The molecular formula is C23H24N2O4. The van der Waals surface area contributed by atoms with Gasteiger partial charge in [-0.3, -0.25) is 0 Å². The van der Waals surface area contributed by atoms with Crippen molar-refractivity contribution >= 4 is 11.7 Å². The largest absolute Gasteiger partial charge is 0.493 e. The molecule has 0 heterocycles. The normalized spacial score (nSPS) is 10.3. The smallest absolute Gasteiger partial charge is 0.319 e. The molecule has 3 aromatic rings. The van der Waals surface area contributed by atoms with E-state index >= 15 is 0 Å². The van der Waals surface area contributed by atoms with Gasteiger partial charge >= 0.3 is 6.03 Å². The third-order valence-electron chi connectivity index (χ3n) is 4.46. The molecule has 6 nitrogen and oxygen atoms in total. The quantitative estimate of drug-likeness (QED) is 0.615. The lowest BCUT2D eigenvalue weighted by atomic mass is 9.99. The average molecular weight is 392 g/mol. The molecule has 3 aromatic carbocycles. The van der Waals surface area contributed by atoms with Crippen LogP contribution in [-0.4, -0.2) is 27.4 Å². The first-order valence-corrected chi connectivity index (χ1v) is 9.13. The van der Waals surface area contributed by atoms with Crippen LogP contribution in [0.25, 0.3) is 0 Å². The van der Waals surface area contributed by atoms with Crippen molar-refractivity contribution < 1.29 is 19.0 Å². The highest BCUT2D eigenvalue weighted by molar-refractivity contribution is 5.90. The van der Waals surface area contributed by atoms with Gasteiger partial charge in [-0.25, -0.2) is 4.79 Å². The van der Waals surface area contributed by atoms with Crippen molar-refractivity contribution in [1.29, 1.82) is 0 Å². The van der Waals surface area contributed by atoms with Crippen molar-refractivity contribution in [3.63, 3.8) is 0 Å². The molecule has 0 saturated carbocycles. The van der Waals surface area contributed by atoms with Gasteiger partial charge in [-0.1, -0.05) is 60.7 Å². The summed E-state index contributed by atoms with van der Waals surface area (Å²) in [5, 5.41) is 5.89. The highest BCUT2D eigenvalue weighted by Gasteiger charge is 2.18. The lowest BCUT2D eigenvalue weighted by Gasteiger charge is -2.21. The highest BCUT2D eigenvalue weighted by atomic mass is 16.5. The minimum Gasteiger partial charge on any atom is -0.493 e. The molecule has 0 aliphatic heterocycles. The zero-order chi connectivity index (χ0) is 20.6. The summed E-state index contributed by atoms with van der Waals surface area (Å²) in [5.41, 5.74) is 2.49. The van der Waals surface area contributed by atoms with Crippen LogP contribution in [0.2, 0.25) is 0 Å². The molecule has 6 heteroatoms. The molecule has 0 radical (unpaired) electrons. The Hall–Kier alpha value is -3.67. The first-order chi connectivity index (χ1) is 14.2. The summed E-state index contributed by atoms with van der Waals surface area (Å²) in [4.78, 5) is 12.8. The second kappa shape index (κ2) is 9.50. The van der Waals surface area contributed by atoms with Crippen LogP contribution < -0.4 is 24.8 Å². The molecular weight excluding hydrogens is 368 g/mol. The van der Waals surface area contributed by atoms with E-state index in [9.17, 15) is 4.79 Å². The van der Waals surface area contributed by atoms with Crippen LogP contribution in [0.5, 0.6) is 17.2 Å². The Morgan fingerprint density at radius 1 is 0.759 bits per heavy atom.